The quantitative estimate of drug-likeness (QED) is 0.800. The van der Waals surface area contributed by atoms with E-state index in [2.05, 4.69) is 0 Å². The van der Waals surface area contributed by atoms with Gasteiger partial charge in [-0.25, -0.2) is 8.42 Å². The van der Waals surface area contributed by atoms with Crippen molar-refractivity contribution in [3.05, 3.63) is 29.3 Å². The topological polar surface area (TPSA) is 63.6 Å². The Morgan fingerprint density at radius 2 is 1.95 bits per heavy atom. The molecule has 19 heavy (non-hydrogen) atoms. The van der Waals surface area contributed by atoms with Crippen LogP contribution >= 0.6 is 11.6 Å². The molecule has 108 valence electrons. The summed E-state index contributed by atoms with van der Waals surface area (Å²) in [6.07, 6.45) is 0.418. The number of sulfone groups is 1. The number of unbranched alkanes of at least 4 members (excludes halogenated alkanes) is 1. The molecule has 0 amide bonds. The Morgan fingerprint density at radius 1 is 1.32 bits per heavy atom. The molecule has 0 aliphatic heterocycles. The fourth-order valence-corrected chi connectivity index (χ4v) is 3.22. The number of aliphatic hydroxyl groups excluding tert-OH is 1. The highest BCUT2D eigenvalue weighted by molar-refractivity contribution is 7.91. The van der Waals surface area contributed by atoms with Gasteiger partial charge in [0, 0.05) is 5.02 Å². The maximum absolute atomic E-state index is 11.6. The molecule has 0 saturated heterocycles. The molecule has 1 N–H and O–H groups in total. The summed E-state index contributed by atoms with van der Waals surface area (Å²) in [5.74, 6) is 0.400. The number of halogens is 1. The second-order valence-electron chi connectivity index (χ2n) is 4.39. The third-order valence-electron chi connectivity index (χ3n) is 2.51. The first-order chi connectivity index (χ1) is 8.93. The van der Waals surface area contributed by atoms with Gasteiger partial charge in [0.15, 0.2) is 9.84 Å². The second kappa shape index (κ2) is 7.72. The van der Waals surface area contributed by atoms with Gasteiger partial charge in [0.1, 0.15) is 18.5 Å². The van der Waals surface area contributed by atoms with Crippen molar-refractivity contribution >= 4 is 21.4 Å². The number of aliphatic hydroxyl groups is 1. The van der Waals surface area contributed by atoms with Crippen molar-refractivity contribution in [2.45, 2.75) is 25.9 Å². The maximum Gasteiger partial charge on any atom is 0.152 e. The van der Waals surface area contributed by atoms with Crippen LogP contribution in [0.5, 0.6) is 5.75 Å². The van der Waals surface area contributed by atoms with Crippen molar-refractivity contribution in [3.63, 3.8) is 0 Å². The van der Waals surface area contributed by atoms with Gasteiger partial charge in [-0.2, -0.15) is 0 Å². The minimum atomic E-state index is -3.21. The third kappa shape index (κ3) is 6.80. The smallest absolute Gasteiger partial charge is 0.152 e. The lowest BCUT2D eigenvalue weighted by atomic mass is 10.3. The van der Waals surface area contributed by atoms with Crippen LogP contribution in [0.1, 0.15) is 19.8 Å². The first-order valence-electron chi connectivity index (χ1n) is 6.20. The van der Waals surface area contributed by atoms with Crippen molar-refractivity contribution in [1.29, 1.82) is 0 Å². The van der Waals surface area contributed by atoms with Gasteiger partial charge in [-0.05, 0) is 30.7 Å². The lowest BCUT2D eigenvalue weighted by molar-refractivity contribution is 0.125. The molecule has 0 saturated carbocycles. The van der Waals surface area contributed by atoms with E-state index in [1.54, 1.807) is 24.3 Å². The molecule has 1 atom stereocenters. The van der Waals surface area contributed by atoms with E-state index in [0.717, 1.165) is 6.42 Å². The molecule has 1 rings (SSSR count). The Balaban J connectivity index is 2.39. The normalized spacial score (nSPS) is 13.2. The average Bonchev–Trinajstić information content (AvgIpc) is 2.35. The summed E-state index contributed by atoms with van der Waals surface area (Å²) in [4.78, 5) is 0. The molecule has 1 aromatic carbocycles. The molecule has 0 bridgehead atoms. The molecular weight excluding hydrogens is 288 g/mol. The van der Waals surface area contributed by atoms with Gasteiger partial charge in [0.2, 0.25) is 0 Å². The van der Waals surface area contributed by atoms with Crippen LogP contribution in [0.15, 0.2) is 24.3 Å². The van der Waals surface area contributed by atoms with E-state index in [0.29, 0.717) is 17.2 Å². The SMILES string of the molecule is CCCCS(=O)(=O)CC(O)COc1ccc(Cl)cc1. The van der Waals surface area contributed by atoms with Crippen LogP contribution in [0.25, 0.3) is 0 Å². The van der Waals surface area contributed by atoms with Gasteiger partial charge in [-0.15, -0.1) is 0 Å². The minimum Gasteiger partial charge on any atom is -0.491 e. The summed E-state index contributed by atoms with van der Waals surface area (Å²) < 4.78 is 28.5. The lowest BCUT2D eigenvalue weighted by Gasteiger charge is -2.12. The van der Waals surface area contributed by atoms with E-state index >= 15 is 0 Å². The zero-order valence-corrected chi connectivity index (χ0v) is 12.5. The lowest BCUT2D eigenvalue weighted by Crippen LogP contribution is -2.28. The number of benzene rings is 1. The van der Waals surface area contributed by atoms with E-state index in [9.17, 15) is 13.5 Å². The monoisotopic (exact) mass is 306 g/mol. The van der Waals surface area contributed by atoms with Crippen LogP contribution in [0.2, 0.25) is 5.02 Å². The molecule has 0 heterocycles. The molecule has 1 aromatic rings. The van der Waals surface area contributed by atoms with Gasteiger partial charge in [0.25, 0.3) is 0 Å². The Labute approximate surface area is 119 Å². The Kier molecular flexibility index (Phi) is 6.62. The predicted octanol–water partition coefficient (Wildman–Crippen LogP) is 2.29. The van der Waals surface area contributed by atoms with E-state index < -0.39 is 15.9 Å². The molecule has 0 aliphatic rings. The summed E-state index contributed by atoms with van der Waals surface area (Å²) in [6.45, 7) is 1.88. The van der Waals surface area contributed by atoms with Gasteiger partial charge in [-0.3, -0.25) is 0 Å². The Morgan fingerprint density at radius 3 is 2.53 bits per heavy atom. The first-order valence-corrected chi connectivity index (χ1v) is 8.39. The minimum absolute atomic E-state index is 0.0486. The Hall–Kier alpha value is -0.780. The van der Waals surface area contributed by atoms with E-state index in [4.69, 9.17) is 16.3 Å². The van der Waals surface area contributed by atoms with Crippen molar-refractivity contribution in [2.24, 2.45) is 0 Å². The number of hydrogen-bond acceptors (Lipinski definition) is 4. The molecule has 0 spiro atoms. The molecule has 0 aromatic heterocycles. The van der Waals surface area contributed by atoms with Crippen molar-refractivity contribution in [2.75, 3.05) is 18.1 Å². The van der Waals surface area contributed by atoms with Crippen molar-refractivity contribution < 1.29 is 18.3 Å². The Bertz CT molecular complexity index is 470. The van der Waals surface area contributed by atoms with E-state index in [1.165, 1.54) is 0 Å². The highest BCUT2D eigenvalue weighted by Gasteiger charge is 2.17. The molecule has 6 heteroatoms. The fraction of sp³-hybridized carbons (Fsp3) is 0.538. The van der Waals surface area contributed by atoms with Crippen molar-refractivity contribution in [1.82, 2.24) is 0 Å². The predicted molar refractivity (Wildman–Crippen MR) is 76.5 cm³/mol. The fourth-order valence-electron chi connectivity index (χ4n) is 1.51. The largest absolute Gasteiger partial charge is 0.491 e. The molecule has 0 fully saturated rings. The summed E-state index contributed by atoms with van der Waals surface area (Å²) >= 11 is 5.73. The number of ether oxygens (including phenoxy) is 1. The van der Waals surface area contributed by atoms with Crippen molar-refractivity contribution in [3.8, 4) is 5.75 Å². The van der Waals surface area contributed by atoms with Crippen LogP contribution in [0.4, 0.5) is 0 Å². The molecule has 1 unspecified atom stereocenters. The third-order valence-corrected chi connectivity index (χ3v) is 4.57. The maximum atomic E-state index is 11.6. The first kappa shape index (κ1) is 16.3. The zero-order chi connectivity index (χ0) is 14.3. The van der Waals surface area contributed by atoms with Gasteiger partial charge in [0.05, 0.1) is 11.5 Å². The molecule has 0 radical (unpaired) electrons. The van der Waals surface area contributed by atoms with Crippen LogP contribution in [-0.4, -0.2) is 37.7 Å². The summed E-state index contributed by atoms with van der Waals surface area (Å²) in [6, 6.07) is 6.67. The number of hydrogen-bond donors (Lipinski definition) is 1. The summed E-state index contributed by atoms with van der Waals surface area (Å²) in [7, 11) is -3.21. The summed E-state index contributed by atoms with van der Waals surface area (Å²) in [5, 5.41) is 10.3. The van der Waals surface area contributed by atoms with Gasteiger partial charge < -0.3 is 9.84 Å². The van der Waals surface area contributed by atoms with Crippen LogP contribution in [0, 0.1) is 0 Å². The average molecular weight is 307 g/mol. The summed E-state index contributed by atoms with van der Waals surface area (Å²) in [5.41, 5.74) is 0. The number of rotatable bonds is 8. The molecule has 4 nitrogen and oxygen atoms in total. The van der Waals surface area contributed by atoms with Crippen LogP contribution < -0.4 is 4.74 Å². The zero-order valence-electron chi connectivity index (χ0n) is 10.9. The van der Waals surface area contributed by atoms with E-state index in [1.807, 2.05) is 6.92 Å². The van der Waals surface area contributed by atoms with Gasteiger partial charge >= 0.3 is 0 Å². The molecular formula is C13H19ClO4S. The molecule has 0 aliphatic carbocycles. The highest BCUT2D eigenvalue weighted by Crippen LogP contribution is 2.15. The van der Waals surface area contributed by atoms with Crippen LogP contribution in [0.3, 0.4) is 0 Å². The van der Waals surface area contributed by atoms with Gasteiger partial charge in [-0.1, -0.05) is 24.9 Å². The van der Waals surface area contributed by atoms with E-state index in [-0.39, 0.29) is 18.1 Å². The highest BCUT2D eigenvalue weighted by atomic mass is 35.5. The standard InChI is InChI=1S/C13H19ClO4S/c1-2-3-8-19(16,17)10-12(15)9-18-13-6-4-11(14)5-7-13/h4-7,12,15H,2-3,8-10H2,1H3. The van der Waals surface area contributed by atoms with Crippen LogP contribution in [-0.2, 0) is 9.84 Å². The second-order valence-corrected chi connectivity index (χ2v) is 7.05.